The van der Waals surface area contributed by atoms with E-state index < -0.39 is 0 Å². The van der Waals surface area contributed by atoms with Gasteiger partial charge in [0.15, 0.2) is 11.5 Å². The van der Waals surface area contributed by atoms with Crippen molar-refractivity contribution in [2.45, 2.75) is 13.0 Å². The van der Waals surface area contributed by atoms with Crippen LogP contribution in [0.2, 0.25) is 0 Å². The Bertz CT molecular complexity index is 355. The lowest BCUT2D eigenvalue weighted by molar-refractivity contribution is 0.262. The van der Waals surface area contributed by atoms with Crippen molar-refractivity contribution >= 4 is 0 Å². The van der Waals surface area contributed by atoms with Crippen LogP contribution in [0.4, 0.5) is 0 Å². The third-order valence-electron chi connectivity index (χ3n) is 3.06. The Labute approximate surface area is 103 Å². The fourth-order valence-corrected chi connectivity index (χ4v) is 1.69. The molecule has 17 heavy (non-hydrogen) atoms. The van der Waals surface area contributed by atoms with Crippen LogP contribution >= 0.6 is 0 Å². The van der Waals surface area contributed by atoms with Crippen molar-refractivity contribution in [1.29, 1.82) is 0 Å². The fraction of sp³-hybridized carbons (Fsp3) is 0.538. The molecule has 1 aromatic rings. The average molecular weight is 238 g/mol. The van der Waals surface area contributed by atoms with Gasteiger partial charge in [-0.05, 0) is 38.7 Å². The van der Waals surface area contributed by atoms with E-state index in [0.717, 1.165) is 18.7 Å². The summed E-state index contributed by atoms with van der Waals surface area (Å²) in [5.41, 5.74) is 1.14. The van der Waals surface area contributed by atoms with E-state index in [2.05, 4.69) is 24.2 Å². The summed E-state index contributed by atoms with van der Waals surface area (Å²) in [6.45, 7) is 4.07. The van der Waals surface area contributed by atoms with Crippen LogP contribution in [0.3, 0.4) is 0 Å². The van der Waals surface area contributed by atoms with Gasteiger partial charge < -0.3 is 15.2 Å². The number of nitrogens with one attached hydrogen (secondary N) is 1. The molecule has 0 spiro atoms. The molecule has 1 aromatic carbocycles. The minimum absolute atomic E-state index is 0.182. The first kappa shape index (κ1) is 13.8. The molecule has 0 amide bonds. The number of rotatable bonds is 6. The van der Waals surface area contributed by atoms with E-state index in [9.17, 15) is 5.11 Å². The van der Waals surface area contributed by atoms with Gasteiger partial charge >= 0.3 is 0 Å². The molecule has 0 saturated heterocycles. The van der Waals surface area contributed by atoms with E-state index in [1.54, 1.807) is 13.2 Å². The van der Waals surface area contributed by atoms with E-state index in [0.29, 0.717) is 5.75 Å². The molecule has 0 fully saturated rings. The minimum atomic E-state index is 0.182. The number of phenolic OH excluding ortho intramolecular Hbond substituents is 1. The maximum absolute atomic E-state index is 9.55. The monoisotopic (exact) mass is 238 g/mol. The lowest BCUT2D eigenvalue weighted by atomic mass is 10.1. The third kappa shape index (κ3) is 3.61. The Kier molecular flexibility index (Phi) is 5.25. The molecule has 0 bridgehead atoms. The van der Waals surface area contributed by atoms with Gasteiger partial charge in [0.1, 0.15) is 0 Å². The van der Waals surface area contributed by atoms with Gasteiger partial charge in [0.25, 0.3) is 0 Å². The third-order valence-corrected chi connectivity index (χ3v) is 3.06. The van der Waals surface area contributed by atoms with Gasteiger partial charge in [-0.15, -0.1) is 0 Å². The molecule has 0 aliphatic carbocycles. The van der Waals surface area contributed by atoms with Gasteiger partial charge in [0, 0.05) is 19.1 Å². The smallest absolute Gasteiger partial charge is 0.160 e. The topological polar surface area (TPSA) is 44.7 Å². The van der Waals surface area contributed by atoms with E-state index in [4.69, 9.17) is 4.74 Å². The van der Waals surface area contributed by atoms with Crippen molar-refractivity contribution < 1.29 is 9.84 Å². The lowest BCUT2D eigenvalue weighted by Gasteiger charge is -2.25. The molecule has 0 aliphatic heterocycles. The van der Waals surface area contributed by atoms with Gasteiger partial charge in [-0.3, -0.25) is 4.90 Å². The van der Waals surface area contributed by atoms with Crippen molar-refractivity contribution in [1.82, 2.24) is 10.2 Å². The number of phenols is 1. The van der Waals surface area contributed by atoms with Crippen LogP contribution in [0.15, 0.2) is 18.2 Å². The second-order valence-electron chi connectivity index (χ2n) is 4.19. The molecule has 0 aromatic heterocycles. The van der Waals surface area contributed by atoms with Crippen molar-refractivity contribution in [3.05, 3.63) is 23.8 Å². The number of likely N-dealkylation sites (N-methyl/N-ethyl adjacent to an activating group) is 2. The predicted octanol–water partition coefficient (Wildman–Crippen LogP) is 1.61. The molecule has 4 nitrogen and oxygen atoms in total. The molecule has 2 N–H and O–H groups in total. The first-order valence-corrected chi connectivity index (χ1v) is 5.82. The van der Waals surface area contributed by atoms with Crippen molar-refractivity contribution in [2.24, 2.45) is 0 Å². The second kappa shape index (κ2) is 6.47. The summed E-state index contributed by atoms with van der Waals surface area (Å²) in [5.74, 6) is 0.706. The summed E-state index contributed by atoms with van der Waals surface area (Å²) in [7, 11) is 5.59. The number of aromatic hydroxyl groups is 1. The molecular formula is C13H22N2O2. The van der Waals surface area contributed by atoms with Gasteiger partial charge in [-0.1, -0.05) is 6.07 Å². The highest BCUT2D eigenvalue weighted by molar-refractivity contribution is 5.42. The number of nitrogens with zero attached hydrogens (tertiary/aromatic N) is 1. The van der Waals surface area contributed by atoms with E-state index in [-0.39, 0.29) is 11.8 Å². The highest BCUT2D eigenvalue weighted by Gasteiger charge is 2.13. The lowest BCUT2D eigenvalue weighted by Crippen LogP contribution is -2.29. The number of hydrogen-bond donors (Lipinski definition) is 2. The largest absolute Gasteiger partial charge is 0.504 e. The van der Waals surface area contributed by atoms with E-state index in [1.807, 2.05) is 19.2 Å². The van der Waals surface area contributed by atoms with Gasteiger partial charge in [0.05, 0.1) is 7.11 Å². The summed E-state index contributed by atoms with van der Waals surface area (Å²) >= 11 is 0. The summed E-state index contributed by atoms with van der Waals surface area (Å²) < 4.78 is 5.12. The standard InChI is InChI=1S/C13H22N2O2/c1-10(15(3)8-7-14-2)11-5-6-12(16)13(9-11)17-4/h5-6,9-10,14,16H,7-8H2,1-4H3. The molecule has 96 valence electrons. The summed E-state index contributed by atoms with van der Waals surface area (Å²) in [5, 5.41) is 12.7. The van der Waals surface area contributed by atoms with E-state index in [1.165, 1.54) is 0 Å². The number of methoxy groups -OCH3 is 1. The van der Waals surface area contributed by atoms with Crippen molar-refractivity contribution in [3.8, 4) is 11.5 Å². The first-order chi connectivity index (χ1) is 8.10. The SMILES string of the molecule is CNCCN(C)C(C)c1ccc(O)c(OC)c1. The maximum Gasteiger partial charge on any atom is 0.160 e. The maximum atomic E-state index is 9.55. The van der Waals surface area contributed by atoms with Gasteiger partial charge in [-0.2, -0.15) is 0 Å². The molecule has 0 radical (unpaired) electrons. The summed E-state index contributed by atoms with van der Waals surface area (Å²) in [4.78, 5) is 2.25. The Morgan fingerprint density at radius 3 is 2.76 bits per heavy atom. The summed E-state index contributed by atoms with van der Waals surface area (Å²) in [6.07, 6.45) is 0. The van der Waals surface area contributed by atoms with Crippen molar-refractivity contribution in [2.75, 3.05) is 34.3 Å². The normalized spacial score (nSPS) is 12.8. The molecule has 1 atom stereocenters. The Hall–Kier alpha value is -1.26. The van der Waals surface area contributed by atoms with Crippen LogP contribution in [-0.2, 0) is 0 Å². The molecular weight excluding hydrogens is 216 g/mol. The zero-order chi connectivity index (χ0) is 12.8. The first-order valence-electron chi connectivity index (χ1n) is 5.82. The minimum Gasteiger partial charge on any atom is -0.504 e. The average Bonchev–Trinajstić information content (AvgIpc) is 2.35. The fourth-order valence-electron chi connectivity index (χ4n) is 1.69. The van der Waals surface area contributed by atoms with Crippen LogP contribution in [0.5, 0.6) is 11.5 Å². The van der Waals surface area contributed by atoms with Gasteiger partial charge in [0.2, 0.25) is 0 Å². The highest BCUT2D eigenvalue weighted by Crippen LogP contribution is 2.30. The quantitative estimate of drug-likeness (QED) is 0.790. The molecule has 1 unspecified atom stereocenters. The highest BCUT2D eigenvalue weighted by atomic mass is 16.5. The number of ether oxygens (including phenoxy) is 1. The molecule has 0 saturated carbocycles. The van der Waals surface area contributed by atoms with Crippen LogP contribution in [0, 0.1) is 0 Å². The Morgan fingerprint density at radius 2 is 2.18 bits per heavy atom. The Morgan fingerprint density at radius 1 is 1.47 bits per heavy atom. The summed E-state index contributed by atoms with van der Waals surface area (Å²) in [6, 6.07) is 5.78. The molecule has 0 aliphatic rings. The molecule has 1 rings (SSSR count). The van der Waals surface area contributed by atoms with Crippen LogP contribution in [0.25, 0.3) is 0 Å². The van der Waals surface area contributed by atoms with Gasteiger partial charge in [-0.25, -0.2) is 0 Å². The predicted molar refractivity (Wildman–Crippen MR) is 69.6 cm³/mol. The van der Waals surface area contributed by atoms with Crippen molar-refractivity contribution in [3.63, 3.8) is 0 Å². The zero-order valence-corrected chi connectivity index (χ0v) is 11.0. The van der Waals surface area contributed by atoms with E-state index >= 15 is 0 Å². The Balaban J connectivity index is 2.77. The van der Waals surface area contributed by atoms with Crippen LogP contribution in [0.1, 0.15) is 18.5 Å². The molecule has 4 heteroatoms. The van der Waals surface area contributed by atoms with Crippen LogP contribution in [-0.4, -0.2) is 44.3 Å². The number of benzene rings is 1. The van der Waals surface area contributed by atoms with Crippen LogP contribution < -0.4 is 10.1 Å². The number of hydrogen-bond acceptors (Lipinski definition) is 4. The molecule has 0 heterocycles. The second-order valence-corrected chi connectivity index (χ2v) is 4.19. The zero-order valence-electron chi connectivity index (χ0n) is 11.0.